The molecular weight excluding hydrogens is 960 g/mol. The van der Waals surface area contributed by atoms with E-state index in [1.165, 1.54) is 193 Å². The van der Waals surface area contributed by atoms with Crippen LogP contribution in [-0.4, -0.2) is 25.2 Å². The maximum atomic E-state index is 13.3. The number of carbonyl (C=O) groups is 2. The van der Waals surface area contributed by atoms with Gasteiger partial charge in [0.2, 0.25) is 0 Å². The van der Waals surface area contributed by atoms with Gasteiger partial charge in [0.25, 0.3) is 0 Å². The summed E-state index contributed by atoms with van der Waals surface area (Å²) in [4.78, 5) is 26.6. The van der Waals surface area contributed by atoms with Gasteiger partial charge in [-0.2, -0.15) is 0 Å². The van der Waals surface area contributed by atoms with Crippen molar-refractivity contribution in [1.82, 2.24) is 0 Å². The number of rotatable bonds is 40. The molecule has 326 valence electrons. The highest BCUT2D eigenvalue weighted by Gasteiger charge is 2.30. The van der Waals surface area contributed by atoms with E-state index < -0.39 is 11.9 Å². The molecule has 0 heterocycles. The molecule has 0 spiro atoms. The smallest absolute Gasteiger partial charge is 0.340 e. The number of esters is 2. The quantitative estimate of drug-likeness (QED) is 0.0284. The molecule has 0 unspecified atom stereocenters. The third-order valence-electron chi connectivity index (χ3n) is 11.1. The van der Waals surface area contributed by atoms with Crippen LogP contribution in [0.1, 0.15) is 266 Å². The van der Waals surface area contributed by atoms with Crippen molar-refractivity contribution in [3.8, 4) is 0 Å². The normalized spacial score (nSPS) is 11.4. The van der Waals surface area contributed by atoms with Crippen LogP contribution in [0.4, 0.5) is 0 Å². The molecule has 0 radical (unpaired) electrons. The first kappa shape index (κ1) is 54.1. The zero-order valence-corrected chi connectivity index (χ0v) is 42.4. The Morgan fingerprint density at radius 3 is 0.679 bits per heavy atom. The van der Waals surface area contributed by atoms with Gasteiger partial charge in [-0.25, -0.2) is 9.59 Å². The number of benzene rings is 1. The van der Waals surface area contributed by atoms with Crippen LogP contribution in [0, 0.1) is 0 Å². The topological polar surface area (TPSA) is 52.6 Å². The van der Waals surface area contributed by atoms with Crippen molar-refractivity contribution in [1.29, 1.82) is 0 Å². The highest BCUT2D eigenvalue weighted by Crippen LogP contribution is 2.43. The third kappa shape index (κ3) is 27.8. The summed E-state index contributed by atoms with van der Waals surface area (Å²) < 4.78 is 13.6. The van der Waals surface area contributed by atoms with Crippen molar-refractivity contribution in [3.63, 3.8) is 0 Å². The first-order chi connectivity index (χ1) is 27.4. The average molecular weight is 1040 g/mol. The van der Waals surface area contributed by atoms with Gasteiger partial charge in [-0.05, 0) is 76.6 Å². The van der Waals surface area contributed by atoms with Crippen LogP contribution in [0.5, 0.6) is 0 Å². The molecule has 0 bridgehead atoms. The summed E-state index contributed by atoms with van der Waals surface area (Å²) in [5, 5.41) is 0. The summed E-state index contributed by atoms with van der Waals surface area (Å²) in [6.45, 7) is 5.24. The number of carbonyl (C=O) groups excluding carboxylic acids is 2. The number of hydrogen-bond acceptors (Lipinski definition) is 4. The molecule has 1 rings (SSSR count). The van der Waals surface area contributed by atoms with Crippen LogP contribution >= 0.6 is 63.7 Å². The van der Waals surface area contributed by atoms with Gasteiger partial charge < -0.3 is 9.47 Å². The van der Waals surface area contributed by atoms with E-state index in [4.69, 9.17) is 9.47 Å². The van der Waals surface area contributed by atoms with E-state index in [2.05, 4.69) is 77.6 Å². The molecule has 0 aliphatic rings. The highest BCUT2D eigenvalue weighted by atomic mass is 79.9. The van der Waals surface area contributed by atoms with Crippen molar-refractivity contribution >= 4 is 75.7 Å². The summed E-state index contributed by atoms with van der Waals surface area (Å²) in [6, 6.07) is 0. The molecule has 0 atom stereocenters. The van der Waals surface area contributed by atoms with E-state index >= 15 is 0 Å². The Morgan fingerprint density at radius 1 is 0.304 bits per heavy atom. The van der Waals surface area contributed by atoms with Crippen LogP contribution in [0.2, 0.25) is 0 Å². The average Bonchev–Trinajstić information content (AvgIpc) is 3.19. The largest absolute Gasteiger partial charge is 0.462 e. The maximum absolute atomic E-state index is 13.3. The van der Waals surface area contributed by atoms with Crippen LogP contribution in [-0.2, 0) is 9.47 Å². The Balaban J connectivity index is 2.18. The molecule has 0 amide bonds. The minimum atomic E-state index is -0.516. The molecule has 0 fully saturated rings. The van der Waals surface area contributed by atoms with Gasteiger partial charge in [0, 0.05) is 17.9 Å². The van der Waals surface area contributed by atoms with Gasteiger partial charge in [0.1, 0.15) is 0 Å². The Bertz CT molecular complexity index is 1030. The molecule has 0 saturated heterocycles. The van der Waals surface area contributed by atoms with Gasteiger partial charge in [0.15, 0.2) is 0 Å². The fourth-order valence-electron chi connectivity index (χ4n) is 7.50. The lowest BCUT2D eigenvalue weighted by molar-refractivity contribution is 0.0448. The zero-order valence-electron chi connectivity index (χ0n) is 36.0. The van der Waals surface area contributed by atoms with Crippen molar-refractivity contribution in [2.75, 3.05) is 13.2 Å². The minimum absolute atomic E-state index is 0.192. The van der Waals surface area contributed by atoms with E-state index in [1.54, 1.807) is 0 Å². The standard InChI is InChI=1S/C48H82Br4O4/c1-3-5-7-9-11-13-15-17-19-21-23-25-27-29-31-33-35-37-39-55-47(53)41-42(44(50)46(52)45(51)43(41)49)48(54)56-40-38-36-34-32-30-28-26-24-22-20-18-16-14-12-10-8-6-4-2/h3-40H2,1-2H3. The summed E-state index contributed by atoms with van der Waals surface area (Å²) in [5.41, 5.74) is 0.384. The molecule has 0 saturated carbocycles. The second-order valence-corrected chi connectivity index (χ2v) is 19.5. The molecule has 4 nitrogen and oxygen atoms in total. The van der Waals surface area contributed by atoms with Crippen LogP contribution in [0.3, 0.4) is 0 Å². The lowest BCUT2D eigenvalue weighted by Crippen LogP contribution is -2.17. The molecule has 0 aliphatic carbocycles. The molecule has 0 aliphatic heterocycles. The van der Waals surface area contributed by atoms with Crippen molar-refractivity contribution in [3.05, 3.63) is 29.0 Å². The number of halogens is 4. The Labute approximate surface area is 379 Å². The second kappa shape index (κ2) is 39.2. The van der Waals surface area contributed by atoms with E-state index in [9.17, 15) is 9.59 Å². The molecule has 56 heavy (non-hydrogen) atoms. The first-order valence-electron chi connectivity index (χ1n) is 23.6. The summed E-state index contributed by atoms with van der Waals surface area (Å²) in [5.74, 6) is -1.03. The van der Waals surface area contributed by atoms with E-state index in [-0.39, 0.29) is 11.1 Å². The fraction of sp³-hybridized carbons (Fsp3) is 0.833. The van der Waals surface area contributed by atoms with Crippen molar-refractivity contribution in [2.45, 2.75) is 245 Å². The molecular formula is C48H82Br4O4. The predicted octanol–water partition coefficient (Wildman–Crippen LogP) is 19.1. The van der Waals surface area contributed by atoms with Crippen LogP contribution < -0.4 is 0 Å². The fourth-order valence-corrected chi connectivity index (χ4v) is 9.94. The van der Waals surface area contributed by atoms with E-state index in [1.807, 2.05) is 0 Å². The first-order valence-corrected chi connectivity index (χ1v) is 26.7. The van der Waals surface area contributed by atoms with Gasteiger partial charge in [-0.1, -0.05) is 232 Å². The van der Waals surface area contributed by atoms with E-state index in [0.29, 0.717) is 31.1 Å². The van der Waals surface area contributed by atoms with Crippen molar-refractivity contribution in [2.24, 2.45) is 0 Å². The van der Waals surface area contributed by atoms with Crippen LogP contribution in [0.15, 0.2) is 17.9 Å². The summed E-state index contributed by atoms with van der Waals surface area (Å²) in [6.07, 6.45) is 47.3. The SMILES string of the molecule is CCCCCCCCCCCCCCCCCCCCOC(=O)c1c(Br)c(Br)c(Br)c(Br)c1C(=O)OCCCCCCCCCCCCCCCCCCCC. The highest BCUT2D eigenvalue weighted by molar-refractivity contribution is 9.15. The molecule has 0 N–H and O–H groups in total. The molecule has 8 heteroatoms. The second-order valence-electron chi connectivity index (χ2n) is 16.3. The number of ether oxygens (including phenoxy) is 2. The number of unbranched alkanes of at least 4 members (excludes halogenated alkanes) is 34. The van der Waals surface area contributed by atoms with Gasteiger partial charge in [-0.15, -0.1) is 0 Å². The summed E-state index contributed by atoms with van der Waals surface area (Å²) >= 11 is 14.1. The summed E-state index contributed by atoms with van der Waals surface area (Å²) in [7, 11) is 0. The Kier molecular flexibility index (Phi) is 37.9. The lowest BCUT2D eigenvalue weighted by Gasteiger charge is -2.16. The molecule has 1 aromatic carbocycles. The third-order valence-corrected chi connectivity index (χ3v) is 15.9. The zero-order chi connectivity index (χ0) is 40.9. The Hall–Kier alpha value is 0.0800. The van der Waals surface area contributed by atoms with Crippen molar-refractivity contribution < 1.29 is 19.1 Å². The lowest BCUT2D eigenvalue weighted by atomic mass is 10.0. The number of hydrogen-bond donors (Lipinski definition) is 0. The monoisotopic (exact) mass is 1040 g/mol. The molecule has 0 aromatic heterocycles. The van der Waals surface area contributed by atoms with E-state index in [0.717, 1.165) is 38.5 Å². The molecule has 1 aromatic rings. The van der Waals surface area contributed by atoms with Crippen LogP contribution in [0.25, 0.3) is 0 Å². The van der Waals surface area contributed by atoms with Gasteiger partial charge >= 0.3 is 11.9 Å². The predicted molar refractivity (Wildman–Crippen MR) is 255 cm³/mol. The van der Waals surface area contributed by atoms with Gasteiger partial charge in [0.05, 0.1) is 24.3 Å². The van der Waals surface area contributed by atoms with Gasteiger partial charge in [-0.3, -0.25) is 0 Å². The minimum Gasteiger partial charge on any atom is -0.462 e. The Morgan fingerprint density at radius 2 is 0.482 bits per heavy atom. The maximum Gasteiger partial charge on any atom is 0.340 e.